The van der Waals surface area contributed by atoms with E-state index in [1.54, 1.807) is 11.7 Å². The second kappa shape index (κ2) is 5.19. The second-order valence-corrected chi connectivity index (χ2v) is 5.39. The van der Waals surface area contributed by atoms with Crippen LogP contribution in [-0.4, -0.2) is 20.2 Å². The van der Waals surface area contributed by atoms with E-state index in [0.717, 1.165) is 25.7 Å². The molecule has 1 saturated carbocycles. The van der Waals surface area contributed by atoms with E-state index in [4.69, 9.17) is 0 Å². The highest BCUT2D eigenvalue weighted by molar-refractivity contribution is 5.61. The van der Waals surface area contributed by atoms with Gasteiger partial charge < -0.3 is 5.32 Å². The molecule has 0 bridgehead atoms. The van der Waals surface area contributed by atoms with Gasteiger partial charge >= 0.3 is 5.69 Å². The molecule has 0 aliphatic heterocycles. The number of rotatable bonds is 6. The third-order valence-electron chi connectivity index (χ3n) is 4.13. The number of aromatic nitrogens is 2. The zero-order valence-electron chi connectivity index (χ0n) is 11.9. The van der Waals surface area contributed by atoms with Gasteiger partial charge in [-0.1, -0.05) is 20.3 Å². The van der Waals surface area contributed by atoms with Crippen LogP contribution in [0.2, 0.25) is 0 Å². The first-order chi connectivity index (χ1) is 9.03. The minimum atomic E-state index is -0.303. The molecule has 0 amide bonds. The Balaban J connectivity index is 2.35. The molecule has 1 aliphatic rings. The summed E-state index contributed by atoms with van der Waals surface area (Å²) in [6.07, 6.45) is 5.83. The largest absolute Gasteiger partial charge is 0.359 e. The first kappa shape index (κ1) is 13.8. The number of nitro groups is 1. The lowest BCUT2D eigenvalue weighted by Gasteiger charge is -2.42. The Morgan fingerprint density at radius 1 is 1.47 bits per heavy atom. The highest BCUT2D eigenvalue weighted by atomic mass is 16.6. The zero-order chi connectivity index (χ0) is 14.0. The molecule has 1 aromatic heterocycles. The Kier molecular flexibility index (Phi) is 3.78. The van der Waals surface area contributed by atoms with Crippen molar-refractivity contribution < 1.29 is 4.92 Å². The Morgan fingerprint density at radius 3 is 2.58 bits per heavy atom. The van der Waals surface area contributed by atoms with E-state index in [-0.39, 0.29) is 16.1 Å². The van der Waals surface area contributed by atoms with E-state index >= 15 is 0 Å². The second-order valence-electron chi connectivity index (χ2n) is 5.39. The molecule has 0 aromatic carbocycles. The first-order valence-corrected chi connectivity index (χ1v) is 7.01. The fraction of sp³-hybridized carbons (Fsp3) is 0.769. The van der Waals surface area contributed by atoms with Crippen LogP contribution in [0.3, 0.4) is 0 Å². The van der Waals surface area contributed by atoms with Crippen LogP contribution in [0, 0.1) is 10.1 Å². The average Bonchev–Trinajstić information content (AvgIpc) is 2.60. The van der Waals surface area contributed by atoms with Crippen molar-refractivity contribution >= 4 is 11.5 Å². The summed E-state index contributed by atoms with van der Waals surface area (Å²) in [4.78, 5) is 11.0. The third kappa shape index (κ3) is 2.43. The van der Waals surface area contributed by atoms with Gasteiger partial charge in [-0.25, -0.2) is 4.68 Å². The van der Waals surface area contributed by atoms with Gasteiger partial charge in [0.1, 0.15) is 5.69 Å². The lowest BCUT2D eigenvalue weighted by atomic mass is 9.75. The maximum Gasteiger partial charge on any atom is 0.334 e. The Bertz CT molecular complexity index is 472. The average molecular weight is 266 g/mol. The van der Waals surface area contributed by atoms with Gasteiger partial charge in [-0.3, -0.25) is 10.1 Å². The van der Waals surface area contributed by atoms with E-state index in [2.05, 4.69) is 17.3 Å². The van der Waals surface area contributed by atoms with Crippen LogP contribution in [0.25, 0.3) is 0 Å². The predicted octanol–water partition coefficient (Wildman–Crippen LogP) is 3.03. The first-order valence-electron chi connectivity index (χ1n) is 7.01. The minimum absolute atomic E-state index is 0.0298. The van der Waals surface area contributed by atoms with Crippen LogP contribution in [0.4, 0.5) is 11.5 Å². The Hall–Kier alpha value is -1.59. The van der Waals surface area contributed by atoms with Crippen molar-refractivity contribution in [3.8, 4) is 0 Å². The van der Waals surface area contributed by atoms with E-state index < -0.39 is 0 Å². The van der Waals surface area contributed by atoms with Crippen molar-refractivity contribution in [3.05, 3.63) is 15.8 Å². The van der Waals surface area contributed by atoms with E-state index in [1.807, 2.05) is 6.92 Å². The van der Waals surface area contributed by atoms with Gasteiger partial charge in [0.15, 0.2) is 0 Å². The van der Waals surface area contributed by atoms with Gasteiger partial charge in [-0.05, 0) is 32.1 Å². The molecule has 0 saturated heterocycles. The standard InChI is InChI=1S/C13H22N4O2/c1-4-7-10-11(17(18)19)12(16(3)15-10)14-13(5-2)8-6-9-13/h14H,4-9H2,1-3H3. The molecule has 106 valence electrons. The molecule has 19 heavy (non-hydrogen) atoms. The highest BCUT2D eigenvalue weighted by Crippen LogP contribution is 2.40. The molecular formula is C13H22N4O2. The van der Waals surface area contributed by atoms with Gasteiger partial charge in [-0.15, -0.1) is 0 Å². The summed E-state index contributed by atoms with van der Waals surface area (Å²) in [6, 6.07) is 0. The number of nitrogens with one attached hydrogen (secondary N) is 1. The van der Waals surface area contributed by atoms with E-state index in [0.29, 0.717) is 17.9 Å². The molecule has 0 unspecified atom stereocenters. The number of hydrogen-bond donors (Lipinski definition) is 1. The van der Waals surface area contributed by atoms with Gasteiger partial charge in [0.05, 0.1) is 4.92 Å². The third-order valence-corrected chi connectivity index (χ3v) is 4.13. The molecule has 0 radical (unpaired) electrons. The number of hydrogen-bond acceptors (Lipinski definition) is 4. The van der Waals surface area contributed by atoms with Crippen LogP contribution in [0.1, 0.15) is 51.6 Å². The number of anilines is 1. The molecule has 0 atom stereocenters. The lowest BCUT2D eigenvalue weighted by molar-refractivity contribution is -0.384. The van der Waals surface area contributed by atoms with Crippen LogP contribution in [0.5, 0.6) is 0 Å². The molecule has 0 spiro atoms. The minimum Gasteiger partial charge on any atom is -0.359 e. The lowest BCUT2D eigenvalue weighted by Crippen LogP contribution is -2.44. The van der Waals surface area contributed by atoms with Gasteiger partial charge in [0.25, 0.3) is 0 Å². The molecule has 1 N–H and O–H groups in total. The van der Waals surface area contributed by atoms with Gasteiger partial charge in [-0.2, -0.15) is 5.10 Å². The van der Waals surface area contributed by atoms with Crippen molar-refractivity contribution in [2.45, 2.75) is 57.9 Å². The molecule has 6 nitrogen and oxygen atoms in total. The number of nitrogens with zero attached hydrogens (tertiary/aromatic N) is 3. The van der Waals surface area contributed by atoms with E-state index in [9.17, 15) is 10.1 Å². The Labute approximate surface area is 113 Å². The zero-order valence-corrected chi connectivity index (χ0v) is 11.9. The Morgan fingerprint density at radius 2 is 2.16 bits per heavy atom. The van der Waals surface area contributed by atoms with Gasteiger partial charge in [0.2, 0.25) is 5.82 Å². The van der Waals surface area contributed by atoms with Crippen LogP contribution in [-0.2, 0) is 13.5 Å². The maximum atomic E-state index is 11.3. The summed E-state index contributed by atoms with van der Waals surface area (Å²) in [6.45, 7) is 4.13. The smallest absolute Gasteiger partial charge is 0.334 e. The summed E-state index contributed by atoms with van der Waals surface area (Å²) in [5, 5.41) is 19.0. The summed E-state index contributed by atoms with van der Waals surface area (Å²) in [5.41, 5.74) is 0.773. The summed E-state index contributed by atoms with van der Waals surface area (Å²) < 4.78 is 1.62. The monoisotopic (exact) mass is 266 g/mol. The van der Waals surface area contributed by atoms with Crippen LogP contribution >= 0.6 is 0 Å². The predicted molar refractivity (Wildman–Crippen MR) is 74.4 cm³/mol. The van der Waals surface area contributed by atoms with Crippen molar-refractivity contribution in [2.24, 2.45) is 7.05 Å². The highest BCUT2D eigenvalue weighted by Gasteiger charge is 2.38. The fourth-order valence-electron chi connectivity index (χ4n) is 2.73. The molecule has 2 rings (SSSR count). The SMILES string of the molecule is CCCc1nn(C)c(NC2(CC)CCC2)c1[N+](=O)[O-]. The topological polar surface area (TPSA) is 73.0 Å². The molecular weight excluding hydrogens is 244 g/mol. The molecule has 1 fully saturated rings. The maximum absolute atomic E-state index is 11.3. The fourth-order valence-corrected chi connectivity index (χ4v) is 2.73. The number of aryl methyl sites for hydroxylation is 2. The van der Waals surface area contributed by atoms with E-state index in [1.165, 1.54) is 6.42 Å². The van der Waals surface area contributed by atoms with Crippen molar-refractivity contribution in [1.82, 2.24) is 9.78 Å². The summed E-state index contributed by atoms with van der Waals surface area (Å²) >= 11 is 0. The quantitative estimate of drug-likeness (QED) is 0.634. The van der Waals surface area contributed by atoms with Crippen molar-refractivity contribution in [2.75, 3.05) is 5.32 Å². The summed E-state index contributed by atoms with van der Waals surface area (Å²) in [7, 11) is 1.77. The van der Waals surface area contributed by atoms with Crippen LogP contribution in [0.15, 0.2) is 0 Å². The van der Waals surface area contributed by atoms with Crippen molar-refractivity contribution in [3.63, 3.8) is 0 Å². The molecule has 1 heterocycles. The normalized spacial score (nSPS) is 17.0. The van der Waals surface area contributed by atoms with Crippen LogP contribution < -0.4 is 5.32 Å². The van der Waals surface area contributed by atoms with Crippen molar-refractivity contribution in [1.29, 1.82) is 0 Å². The van der Waals surface area contributed by atoms with Gasteiger partial charge in [0, 0.05) is 12.6 Å². The molecule has 6 heteroatoms. The molecule has 1 aromatic rings. The summed E-state index contributed by atoms with van der Waals surface area (Å²) in [5.74, 6) is 0.565. The molecule has 1 aliphatic carbocycles.